The molecule has 11 heteroatoms. The third-order valence-electron chi connectivity index (χ3n) is 5.33. The largest absolute Gasteiger partial charge is 0.478 e. The van der Waals surface area contributed by atoms with E-state index in [-0.39, 0.29) is 17.6 Å². The number of aryl methyl sites for hydroxylation is 1. The van der Waals surface area contributed by atoms with Gasteiger partial charge in [0, 0.05) is 23.5 Å². The van der Waals surface area contributed by atoms with Crippen LogP contribution in [-0.4, -0.2) is 48.5 Å². The highest BCUT2D eigenvalue weighted by Crippen LogP contribution is 2.43. The lowest BCUT2D eigenvalue weighted by Gasteiger charge is -2.09. The third kappa shape index (κ3) is 5.69. The number of pyridine rings is 1. The number of hydrogen-bond acceptors (Lipinski definition) is 7. The number of carboxylic acids is 1. The van der Waals surface area contributed by atoms with Crippen LogP contribution >= 0.6 is 0 Å². The van der Waals surface area contributed by atoms with Gasteiger partial charge in [0.05, 0.1) is 12.1 Å². The molecule has 1 aliphatic carbocycles. The molecule has 0 bridgehead atoms. The first-order chi connectivity index (χ1) is 17.2. The maximum absolute atomic E-state index is 13.2. The zero-order valence-corrected chi connectivity index (χ0v) is 19.4. The van der Waals surface area contributed by atoms with Gasteiger partial charge in [0.1, 0.15) is 17.5 Å². The summed E-state index contributed by atoms with van der Waals surface area (Å²) in [5.74, 6) is -1.22. The summed E-state index contributed by atoms with van der Waals surface area (Å²) in [5, 5.41) is 14.8. The first-order valence-electron chi connectivity index (χ1n) is 11.0. The average molecular weight is 491 g/mol. The zero-order chi connectivity index (χ0) is 25.8. The molecule has 0 aliphatic heterocycles. The van der Waals surface area contributed by atoms with Crippen molar-refractivity contribution in [1.82, 2.24) is 19.5 Å². The Morgan fingerprint density at radius 1 is 1.22 bits per heavy atom. The highest BCUT2D eigenvalue weighted by molar-refractivity contribution is 6.04. The summed E-state index contributed by atoms with van der Waals surface area (Å²) in [6, 6.07) is 11.0. The first kappa shape index (κ1) is 24.5. The summed E-state index contributed by atoms with van der Waals surface area (Å²) < 4.78 is 20.1. The number of carbonyl (C=O) groups is 3. The zero-order valence-electron chi connectivity index (χ0n) is 19.4. The number of anilines is 1. The molecule has 10 nitrogen and oxygen atoms in total. The molecule has 3 aromatic heterocycles. The van der Waals surface area contributed by atoms with E-state index < -0.39 is 12.1 Å². The summed E-state index contributed by atoms with van der Waals surface area (Å²) in [4.78, 5) is 41.0. The summed E-state index contributed by atoms with van der Waals surface area (Å²) in [7, 11) is 0. The molecule has 4 aromatic rings. The molecular formula is C25H22FN5O5. The monoisotopic (exact) mass is 491 g/mol. The van der Waals surface area contributed by atoms with Crippen molar-refractivity contribution in [2.24, 2.45) is 0 Å². The second kappa shape index (κ2) is 10.3. The molecule has 1 aromatic carbocycles. The molecule has 1 saturated carbocycles. The molecule has 3 heterocycles. The maximum Gasteiger partial charge on any atom is 0.328 e. The molecule has 0 spiro atoms. The van der Waals surface area contributed by atoms with Gasteiger partial charge in [-0.3, -0.25) is 14.0 Å². The fourth-order valence-corrected chi connectivity index (χ4v) is 3.29. The molecule has 0 unspecified atom stereocenters. The number of benzene rings is 1. The Morgan fingerprint density at radius 3 is 2.67 bits per heavy atom. The number of fused-ring (bicyclic) bond motifs is 1. The van der Waals surface area contributed by atoms with Crippen molar-refractivity contribution in [3.05, 3.63) is 78.1 Å². The van der Waals surface area contributed by atoms with Crippen molar-refractivity contribution < 1.29 is 28.4 Å². The normalized spacial score (nSPS) is 16.4. The highest BCUT2D eigenvalue weighted by Gasteiger charge is 2.43. The quantitative estimate of drug-likeness (QED) is 0.386. The number of aliphatic carboxylic acids is 1. The van der Waals surface area contributed by atoms with E-state index in [0.717, 1.165) is 17.7 Å². The third-order valence-corrected chi connectivity index (χ3v) is 5.33. The number of alkyl halides is 1. The molecule has 36 heavy (non-hydrogen) atoms. The number of halogens is 1. The van der Waals surface area contributed by atoms with Crippen LogP contribution < -0.4 is 5.32 Å². The Morgan fingerprint density at radius 2 is 2.00 bits per heavy atom. The molecule has 2 N–H and O–H groups in total. The smallest absolute Gasteiger partial charge is 0.328 e. The molecule has 2 atom stereocenters. The topological polar surface area (TPSA) is 140 Å². The van der Waals surface area contributed by atoms with Gasteiger partial charge in [-0.05, 0) is 50.1 Å². The number of allylic oxidation sites excluding steroid dienone is 1. The number of amides is 1. The second-order valence-electron chi connectivity index (χ2n) is 8.15. The molecular weight excluding hydrogens is 469 g/mol. The van der Waals surface area contributed by atoms with E-state index >= 15 is 0 Å². The first-order valence-corrected chi connectivity index (χ1v) is 11.0. The van der Waals surface area contributed by atoms with Gasteiger partial charge in [0.2, 0.25) is 11.7 Å². The summed E-state index contributed by atoms with van der Waals surface area (Å²) in [5.41, 5.74) is 3.34. The van der Waals surface area contributed by atoms with Gasteiger partial charge in [-0.25, -0.2) is 14.2 Å². The molecule has 1 fully saturated rings. The number of carbonyl (C=O) groups excluding carboxylic acids is 2. The lowest BCUT2D eigenvalue weighted by Crippen LogP contribution is -2.15. The molecule has 5 rings (SSSR count). The number of nitrogens with one attached hydrogen (secondary N) is 1. The fraction of sp³-hybridized carbons (Fsp3) is 0.200. The van der Waals surface area contributed by atoms with Gasteiger partial charge in [0.25, 0.3) is 5.91 Å². The Labute approximate surface area is 204 Å². The van der Waals surface area contributed by atoms with Crippen LogP contribution in [0.3, 0.4) is 0 Å². The number of rotatable bonds is 6. The van der Waals surface area contributed by atoms with Crippen molar-refractivity contribution in [3.8, 4) is 11.4 Å². The predicted molar refractivity (Wildman–Crippen MR) is 127 cm³/mol. The number of carboxylic acid groups (broad SMARTS) is 1. The van der Waals surface area contributed by atoms with Gasteiger partial charge < -0.3 is 14.9 Å². The van der Waals surface area contributed by atoms with Crippen LogP contribution in [0.5, 0.6) is 0 Å². The minimum Gasteiger partial charge on any atom is -0.478 e. The fourth-order valence-electron chi connectivity index (χ4n) is 3.29. The van der Waals surface area contributed by atoms with Crippen molar-refractivity contribution in [3.63, 3.8) is 0 Å². The Kier molecular flexibility index (Phi) is 7.00. The van der Waals surface area contributed by atoms with Gasteiger partial charge in [-0.2, -0.15) is 4.98 Å². The second-order valence-corrected chi connectivity index (χ2v) is 8.15. The lowest BCUT2D eigenvalue weighted by molar-refractivity contribution is -0.131. The number of aromatic nitrogens is 4. The van der Waals surface area contributed by atoms with E-state index in [4.69, 9.17) is 9.63 Å². The number of imidazole rings is 1. The Bertz CT molecular complexity index is 1460. The van der Waals surface area contributed by atoms with Crippen LogP contribution in [0.1, 0.15) is 41.2 Å². The van der Waals surface area contributed by atoms with E-state index in [1.807, 2.05) is 37.3 Å². The van der Waals surface area contributed by atoms with E-state index in [1.54, 1.807) is 22.9 Å². The molecule has 1 aliphatic rings. The Balaban J connectivity index is 0.000000331. The van der Waals surface area contributed by atoms with Gasteiger partial charge in [-0.1, -0.05) is 23.4 Å². The molecule has 0 saturated heterocycles. The van der Waals surface area contributed by atoms with Crippen molar-refractivity contribution >= 4 is 29.0 Å². The van der Waals surface area contributed by atoms with E-state index in [9.17, 15) is 18.8 Å². The van der Waals surface area contributed by atoms with Crippen LogP contribution in [0.4, 0.5) is 10.1 Å². The predicted octanol–water partition coefficient (Wildman–Crippen LogP) is 3.99. The standard InChI is InChI=1S/C20H16FN5O2.C5H6O3/c1-11-5-6-12(18-24-20(28-25-18)13-9-14(13)21)8-15(11)23-19(27)16-10-22-17-4-2-3-7-26(16)17;1-4(6)2-3-5(7)8/h2-8,10,13-14H,9H2,1H3,(H,23,27);2-3H,1H3,(H,7,8)/b;3-2+/t13-,14-;/m0./s1. The van der Waals surface area contributed by atoms with E-state index in [2.05, 4.69) is 20.4 Å². The van der Waals surface area contributed by atoms with Crippen molar-refractivity contribution in [1.29, 1.82) is 0 Å². The van der Waals surface area contributed by atoms with E-state index in [0.29, 0.717) is 40.7 Å². The number of nitrogens with zero attached hydrogens (tertiary/aromatic N) is 4. The summed E-state index contributed by atoms with van der Waals surface area (Å²) in [6.07, 6.45) is 4.67. The van der Waals surface area contributed by atoms with Crippen molar-refractivity contribution in [2.45, 2.75) is 32.4 Å². The average Bonchev–Trinajstić information content (AvgIpc) is 3.24. The Hall–Kier alpha value is -4.67. The number of ketones is 1. The number of hydrogen-bond donors (Lipinski definition) is 2. The van der Waals surface area contributed by atoms with Crippen LogP contribution in [-0.2, 0) is 9.59 Å². The lowest BCUT2D eigenvalue weighted by atomic mass is 10.1. The SMILES string of the molecule is CC(=O)/C=C/C(=O)O.Cc1ccc(-c2noc([C@H]3C[C@@H]3F)n2)cc1NC(=O)c1cnc2ccccn12. The van der Waals surface area contributed by atoms with Crippen LogP contribution in [0.15, 0.2) is 65.5 Å². The van der Waals surface area contributed by atoms with Crippen LogP contribution in [0.25, 0.3) is 17.0 Å². The van der Waals surface area contributed by atoms with Crippen LogP contribution in [0, 0.1) is 6.92 Å². The maximum atomic E-state index is 13.2. The molecule has 184 valence electrons. The van der Waals surface area contributed by atoms with Gasteiger partial charge >= 0.3 is 5.97 Å². The van der Waals surface area contributed by atoms with Gasteiger partial charge in [0.15, 0.2) is 5.78 Å². The van der Waals surface area contributed by atoms with Crippen molar-refractivity contribution in [2.75, 3.05) is 5.32 Å². The summed E-state index contributed by atoms with van der Waals surface area (Å²) >= 11 is 0. The van der Waals surface area contributed by atoms with E-state index in [1.165, 1.54) is 6.92 Å². The molecule has 1 amide bonds. The minimum atomic E-state index is -1.10. The van der Waals surface area contributed by atoms with Crippen LogP contribution in [0.2, 0.25) is 0 Å². The minimum absolute atomic E-state index is 0.257. The molecule has 0 radical (unpaired) electrons. The summed E-state index contributed by atoms with van der Waals surface area (Å²) in [6.45, 7) is 3.19. The van der Waals surface area contributed by atoms with Gasteiger partial charge in [-0.15, -0.1) is 0 Å². The highest BCUT2D eigenvalue weighted by atomic mass is 19.1.